The number of rotatable bonds is 2. The molecule has 0 saturated heterocycles. The first-order valence-corrected chi connectivity index (χ1v) is 3.98. The van der Waals surface area contributed by atoms with Crippen LogP contribution in [0.3, 0.4) is 0 Å². The van der Waals surface area contributed by atoms with Gasteiger partial charge < -0.3 is 4.42 Å². The van der Waals surface area contributed by atoms with Crippen molar-refractivity contribution < 1.29 is 18.0 Å². The van der Waals surface area contributed by atoms with E-state index in [-0.39, 0.29) is 11.1 Å². The van der Waals surface area contributed by atoms with Gasteiger partial charge in [0.25, 0.3) is 6.43 Å². The molecule has 0 unspecified atom stereocenters. The molecule has 2 rings (SSSR count). The van der Waals surface area contributed by atoms with E-state index in [0.29, 0.717) is 11.7 Å². The highest BCUT2D eigenvalue weighted by atomic mass is 19.3. The van der Waals surface area contributed by atoms with Crippen LogP contribution in [0.2, 0.25) is 0 Å². The molecule has 0 radical (unpaired) electrons. The van der Waals surface area contributed by atoms with Crippen LogP contribution in [0.25, 0.3) is 11.0 Å². The van der Waals surface area contributed by atoms with Gasteiger partial charge in [0.2, 0.25) is 0 Å². The van der Waals surface area contributed by atoms with Crippen molar-refractivity contribution in [3.63, 3.8) is 0 Å². The Bertz CT molecular complexity index is 474. The molecule has 0 aliphatic rings. The molecule has 1 aromatic carbocycles. The number of halogens is 2. The minimum absolute atomic E-state index is 0.220. The minimum Gasteiger partial charge on any atom is -0.454 e. The number of carbonyl (C=O) groups is 1. The molecule has 0 atom stereocenters. The van der Waals surface area contributed by atoms with E-state index in [9.17, 15) is 13.6 Å². The van der Waals surface area contributed by atoms with E-state index >= 15 is 0 Å². The largest absolute Gasteiger partial charge is 0.454 e. The second-order valence-electron chi connectivity index (χ2n) is 2.83. The van der Waals surface area contributed by atoms with Crippen LogP contribution in [0.5, 0.6) is 0 Å². The maximum absolute atomic E-state index is 12.3. The quantitative estimate of drug-likeness (QED) is 0.690. The first kappa shape index (κ1) is 8.87. The summed E-state index contributed by atoms with van der Waals surface area (Å²) in [6, 6.07) is 6.01. The smallest absolute Gasteiger partial charge is 0.295 e. The van der Waals surface area contributed by atoms with Crippen LogP contribution in [-0.2, 0) is 0 Å². The van der Waals surface area contributed by atoms with Crippen molar-refractivity contribution in [1.29, 1.82) is 0 Å². The van der Waals surface area contributed by atoms with Crippen LogP contribution in [0.4, 0.5) is 8.78 Å². The van der Waals surface area contributed by atoms with Gasteiger partial charge in [0, 0.05) is 5.39 Å². The highest BCUT2D eigenvalue weighted by molar-refractivity contribution is 5.94. The maximum atomic E-state index is 12.3. The van der Waals surface area contributed by atoms with Gasteiger partial charge in [-0.05, 0) is 12.1 Å². The zero-order chi connectivity index (χ0) is 10.1. The van der Waals surface area contributed by atoms with Crippen molar-refractivity contribution in [3.05, 3.63) is 35.6 Å². The standard InChI is InChI=1S/C10H6F2O2/c11-10(12)8-4-6-2-1-3-7(5-13)9(6)14-8/h1-5,10H. The fraction of sp³-hybridized carbons (Fsp3) is 0.100. The van der Waals surface area contributed by atoms with Crippen molar-refractivity contribution in [2.75, 3.05) is 0 Å². The summed E-state index contributed by atoms with van der Waals surface area (Å²) in [6.07, 6.45) is -2.07. The van der Waals surface area contributed by atoms with Gasteiger partial charge in [-0.1, -0.05) is 12.1 Å². The number of carbonyl (C=O) groups excluding carboxylic acids is 1. The number of alkyl halides is 2. The summed E-state index contributed by atoms with van der Waals surface area (Å²) >= 11 is 0. The third-order valence-electron chi connectivity index (χ3n) is 1.94. The molecule has 0 spiro atoms. The lowest BCUT2D eigenvalue weighted by molar-refractivity contribution is 0.111. The summed E-state index contributed by atoms with van der Waals surface area (Å²) < 4.78 is 29.4. The topological polar surface area (TPSA) is 30.2 Å². The number of fused-ring (bicyclic) bond motifs is 1. The lowest BCUT2D eigenvalue weighted by Gasteiger charge is -1.91. The number of aldehydes is 1. The van der Waals surface area contributed by atoms with Crippen LogP contribution < -0.4 is 0 Å². The maximum Gasteiger partial charge on any atom is 0.295 e. The molecule has 1 aromatic heterocycles. The van der Waals surface area contributed by atoms with Crippen LogP contribution in [0.1, 0.15) is 22.5 Å². The van der Waals surface area contributed by atoms with Crippen molar-refractivity contribution in [2.24, 2.45) is 0 Å². The van der Waals surface area contributed by atoms with Gasteiger partial charge in [0.1, 0.15) is 5.58 Å². The monoisotopic (exact) mass is 196 g/mol. The van der Waals surface area contributed by atoms with Crippen LogP contribution >= 0.6 is 0 Å². The minimum atomic E-state index is -2.65. The predicted octanol–water partition coefficient (Wildman–Crippen LogP) is 3.18. The number of para-hydroxylation sites is 1. The molecule has 0 aliphatic heterocycles. The van der Waals surface area contributed by atoms with Crippen LogP contribution in [0, 0.1) is 0 Å². The number of hydrogen-bond donors (Lipinski definition) is 0. The van der Waals surface area contributed by atoms with Crippen molar-refractivity contribution in [1.82, 2.24) is 0 Å². The average molecular weight is 196 g/mol. The van der Waals surface area contributed by atoms with E-state index in [2.05, 4.69) is 0 Å². The summed E-state index contributed by atoms with van der Waals surface area (Å²) in [5.41, 5.74) is 0.507. The van der Waals surface area contributed by atoms with Gasteiger partial charge >= 0.3 is 0 Å². The summed E-state index contributed by atoms with van der Waals surface area (Å²) in [6.45, 7) is 0. The third kappa shape index (κ3) is 1.28. The van der Waals surface area contributed by atoms with E-state index < -0.39 is 12.2 Å². The predicted molar refractivity (Wildman–Crippen MR) is 46.6 cm³/mol. The SMILES string of the molecule is O=Cc1cccc2cc(C(F)F)oc12. The molecule has 72 valence electrons. The first-order valence-electron chi connectivity index (χ1n) is 3.98. The summed E-state index contributed by atoms with van der Waals surface area (Å²) in [5, 5.41) is 0.518. The Morgan fingerprint density at radius 1 is 1.36 bits per heavy atom. The molecule has 1 heterocycles. The highest BCUT2D eigenvalue weighted by Crippen LogP contribution is 2.28. The molecule has 0 saturated carbocycles. The molecule has 0 fully saturated rings. The molecule has 0 amide bonds. The number of benzene rings is 1. The molecular weight excluding hydrogens is 190 g/mol. The van der Waals surface area contributed by atoms with E-state index in [1.54, 1.807) is 12.1 Å². The van der Waals surface area contributed by atoms with Gasteiger partial charge in [-0.3, -0.25) is 4.79 Å². The number of hydrogen-bond acceptors (Lipinski definition) is 2. The summed E-state index contributed by atoms with van der Waals surface area (Å²) in [4.78, 5) is 10.6. The second kappa shape index (κ2) is 3.21. The van der Waals surface area contributed by atoms with Gasteiger partial charge in [-0.25, -0.2) is 8.78 Å². The Hall–Kier alpha value is -1.71. The Balaban J connectivity index is 2.70. The van der Waals surface area contributed by atoms with Gasteiger partial charge in [0.05, 0.1) is 5.56 Å². The normalized spacial score (nSPS) is 11.1. The Kier molecular flexibility index (Phi) is 2.04. The molecule has 0 bridgehead atoms. The zero-order valence-corrected chi connectivity index (χ0v) is 7.04. The van der Waals surface area contributed by atoms with Crippen molar-refractivity contribution >= 4 is 17.3 Å². The first-order chi connectivity index (χ1) is 6.72. The molecule has 0 aliphatic carbocycles. The van der Waals surface area contributed by atoms with E-state index in [1.807, 2.05) is 0 Å². The fourth-order valence-electron chi connectivity index (χ4n) is 1.31. The molecular formula is C10H6F2O2. The molecule has 14 heavy (non-hydrogen) atoms. The van der Waals surface area contributed by atoms with E-state index in [0.717, 1.165) is 0 Å². The summed E-state index contributed by atoms with van der Waals surface area (Å²) in [7, 11) is 0. The van der Waals surface area contributed by atoms with Crippen molar-refractivity contribution in [3.8, 4) is 0 Å². The molecule has 0 N–H and O–H groups in total. The number of furan rings is 1. The van der Waals surface area contributed by atoms with Gasteiger partial charge in [-0.15, -0.1) is 0 Å². The average Bonchev–Trinajstić information content (AvgIpc) is 2.60. The van der Waals surface area contributed by atoms with E-state index in [1.165, 1.54) is 12.1 Å². The summed E-state index contributed by atoms with van der Waals surface area (Å²) in [5.74, 6) is -0.408. The van der Waals surface area contributed by atoms with Crippen LogP contribution in [-0.4, -0.2) is 6.29 Å². The molecule has 4 heteroatoms. The molecule has 2 nitrogen and oxygen atoms in total. The lowest BCUT2D eigenvalue weighted by atomic mass is 10.2. The lowest BCUT2D eigenvalue weighted by Crippen LogP contribution is -1.78. The highest BCUT2D eigenvalue weighted by Gasteiger charge is 2.14. The second-order valence-corrected chi connectivity index (χ2v) is 2.83. The third-order valence-corrected chi connectivity index (χ3v) is 1.94. The van der Waals surface area contributed by atoms with E-state index in [4.69, 9.17) is 4.42 Å². The van der Waals surface area contributed by atoms with Gasteiger partial charge in [0.15, 0.2) is 12.0 Å². The van der Waals surface area contributed by atoms with Crippen LogP contribution in [0.15, 0.2) is 28.7 Å². The van der Waals surface area contributed by atoms with Crippen molar-refractivity contribution in [2.45, 2.75) is 6.43 Å². The molecule has 2 aromatic rings. The Morgan fingerprint density at radius 3 is 2.79 bits per heavy atom. The zero-order valence-electron chi connectivity index (χ0n) is 7.04. The Morgan fingerprint density at radius 2 is 2.14 bits per heavy atom. The van der Waals surface area contributed by atoms with Gasteiger partial charge in [-0.2, -0.15) is 0 Å². The Labute approximate surface area is 78.1 Å². The fourth-order valence-corrected chi connectivity index (χ4v) is 1.31.